The Bertz CT molecular complexity index is 684. The van der Waals surface area contributed by atoms with Crippen LogP contribution in [0.15, 0.2) is 40.9 Å². The van der Waals surface area contributed by atoms with Gasteiger partial charge in [-0.05, 0) is 43.9 Å². The van der Waals surface area contributed by atoms with Crippen LogP contribution in [0, 0.1) is 0 Å². The molecule has 3 nitrogen and oxygen atoms in total. The lowest BCUT2D eigenvalue weighted by atomic mass is 9.99. The summed E-state index contributed by atoms with van der Waals surface area (Å²) in [6.07, 6.45) is 0.225. The summed E-state index contributed by atoms with van der Waals surface area (Å²) in [5.74, 6) is -0.137. The Labute approximate surface area is 143 Å². The molecule has 5 heteroatoms. The van der Waals surface area contributed by atoms with Gasteiger partial charge in [0, 0.05) is 28.0 Å². The highest BCUT2D eigenvalue weighted by molar-refractivity contribution is 9.10. The number of hydrogen-bond donors (Lipinski definition) is 1. The quantitative estimate of drug-likeness (QED) is 0.784. The third-order valence-corrected chi connectivity index (χ3v) is 3.97. The Morgan fingerprint density at radius 3 is 2.45 bits per heavy atom. The molecule has 0 aliphatic heterocycles. The van der Waals surface area contributed by atoms with Crippen LogP contribution in [-0.4, -0.2) is 29.9 Å². The van der Waals surface area contributed by atoms with Gasteiger partial charge in [-0.3, -0.25) is 4.79 Å². The van der Waals surface area contributed by atoms with Crippen LogP contribution in [0.4, 0.5) is 0 Å². The van der Waals surface area contributed by atoms with E-state index in [0.717, 1.165) is 10.0 Å². The Kier molecular flexibility index (Phi) is 5.62. The fourth-order valence-corrected chi connectivity index (χ4v) is 2.72. The zero-order valence-electron chi connectivity index (χ0n) is 12.4. The van der Waals surface area contributed by atoms with Crippen molar-refractivity contribution < 1.29 is 9.90 Å². The second-order valence-corrected chi connectivity index (χ2v) is 6.78. The summed E-state index contributed by atoms with van der Waals surface area (Å²) in [5.41, 5.74) is 1.81. The number of carbonyl (C=O) groups excluding carboxylic acids is 1. The molecule has 116 valence electrons. The molecule has 2 aromatic carbocycles. The summed E-state index contributed by atoms with van der Waals surface area (Å²) >= 11 is 9.45. The van der Waals surface area contributed by atoms with Gasteiger partial charge in [0.1, 0.15) is 5.75 Å². The second kappa shape index (κ2) is 7.27. The summed E-state index contributed by atoms with van der Waals surface area (Å²) in [4.78, 5) is 14.4. The number of nitrogens with zero attached hydrogens (tertiary/aromatic N) is 1. The maximum atomic E-state index is 12.5. The van der Waals surface area contributed by atoms with Gasteiger partial charge in [-0.2, -0.15) is 0 Å². The molecule has 0 aliphatic rings. The van der Waals surface area contributed by atoms with Gasteiger partial charge in [-0.25, -0.2) is 0 Å². The van der Waals surface area contributed by atoms with Crippen molar-refractivity contribution in [1.29, 1.82) is 0 Å². The molecule has 0 amide bonds. The molecule has 0 aliphatic carbocycles. The minimum atomic E-state index is -0.151. The summed E-state index contributed by atoms with van der Waals surface area (Å²) in [6.45, 7) is 0.519. The lowest BCUT2D eigenvalue weighted by Crippen LogP contribution is -2.12. The van der Waals surface area contributed by atoms with Crippen molar-refractivity contribution in [2.75, 3.05) is 14.1 Å². The summed E-state index contributed by atoms with van der Waals surface area (Å²) in [5, 5.41) is 10.8. The summed E-state index contributed by atoms with van der Waals surface area (Å²) in [6, 6.07) is 10.7. The molecule has 0 saturated carbocycles. The van der Waals surface area contributed by atoms with Gasteiger partial charge in [0.2, 0.25) is 0 Å². The first-order valence-electron chi connectivity index (χ1n) is 6.80. The number of hydrogen-bond acceptors (Lipinski definition) is 3. The summed E-state index contributed by atoms with van der Waals surface area (Å²) < 4.78 is 0.961. The van der Waals surface area contributed by atoms with Crippen molar-refractivity contribution in [3.05, 3.63) is 62.6 Å². The molecule has 0 aromatic heterocycles. The molecule has 0 unspecified atom stereocenters. The first-order chi connectivity index (χ1) is 10.4. The highest BCUT2D eigenvalue weighted by atomic mass is 79.9. The molecule has 0 radical (unpaired) electrons. The lowest BCUT2D eigenvalue weighted by Gasteiger charge is -2.14. The Hall–Kier alpha value is -1.36. The predicted octanol–water partition coefficient (Wildman–Crippen LogP) is 4.30. The van der Waals surface area contributed by atoms with Gasteiger partial charge in [-0.15, -0.1) is 0 Å². The van der Waals surface area contributed by atoms with Gasteiger partial charge >= 0.3 is 0 Å². The first-order valence-corrected chi connectivity index (χ1v) is 7.97. The average molecular weight is 383 g/mol. The third kappa shape index (κ3) is 4.32. The molecule has 0 heterocycles. The molecular formula is C17H17BrClNO2. The van der Waals surface area contributed by atoms with Crippen molar-refractivity contribution in [1.82, 2.24) is 4.90 Å². The van der Waals surface area contributed by atoms with E-state index in [0.29, 0.717) is 17.1 Å². The van der Waals surface area contributed by atoms with Crippen LogP contribution in [0.2, 0.25) is 5.02 Å². The topological polar surface area (TPSA) is 40.5 Å². The van der Waals surface area contributed by atoms with Crippen LogP contribution < -0.4 is 0 Å². The Morgan fingerprint density at radius 1 is 1.23 bits per heavy atom. The molecule has 0 atom stereocenters. The largest absolute Gasteiger partial charge is 0.507 e. The molecule has 0 saturated heterocycles. The number of benzene rings is 2. The molecular weight excluding hydrogens is 366 g/mol. The SMILES string of the molecule is CN(C)Cc1cc(Cl)cc(C(=O)Cc2ccc(Br)cc2)c1O. The van der Waals surface area contributed by atoms with Crippen molar-refractivity contribution >= 4 is 33.3 Å². The fourth-order valence-electron chi connectivity index (χ4n) is 2.21. The molecule has 1 N–H and O–H groups in total. The normalized spacial score (nSPS) is 11.0. The van der Waals surface area contributed by atoms with Gasteiger partial charge in [0.15, 0.2) is 5.78 Å². The van der Waals surface area contributed by atoms with E-state index in [9.17, 15) is 9.90 Å². The van der Waals surface area contributed by atoms with E-state index < -0.39 is 0 Å². The third-order valence-electron chi connectivity index (χ3n) is 3.22. The number of rotatable bonds is 5. The number of phenolic OH excluding ortho intramolecular Hbond substituents is 1. The number of Topliss-reactive ketones (excluding diaryl/α,β-unsaturated/α-hetero) is 1. The van der Waals surface area contributed by atoms with Crippen LogP contribution in [-0.2, 0) is 13.0 Å². The van der Waals surface area contributed by atoms with E-state index in [1.165, 1.54) is 6.07 Å². The van der Waals surface area contributed by atoms with Crippen molar-refractivity contribution in [2.45, 2.75) is 13.0 Å². The fraction of sp³-hybridized carbons (Fsp3) is 0.235. The van der Waals surface area contributed by atoms with E-state index in [-0.39, 0.29) is 23.5 Å². The molecule has 2 rings (SSSR count). The number of carbonyl (C=O) groups is 1. The maximum absolute atomic E-state index is 12.5. The molecule has 2 aromatic rings. The van der Waals surface area contributed by atoms with E-state index in [1.807, 2.05) is 43.3 Å². The van der Waals surface area contributed by atoms with Crippen molar-refractivity contribution in [3.63, 3.8) is 0 Å². The average Bonchev–Trinajstić information content (AvgIpc) is 2.44. The standard InChI is InChI=1S/C17H17BrClNO2/c1-20(2)10-12-8-14(19)9-15(17(12)22)16(21)7-11-3-5-13(18)6-4-11/h3-6,8-9,22H,7,10H2,1-2H3. The van der Waals surface area contributed by atoms with Gasteiger partial charge in [0.05, 0.1) is 5.56 Å². The van der Waals surface area contributed by atoms with Gasteiger partial charge < -0.3 is 10.0 Å². The zero-order valence-corrected chi connectivity index (χ0v) is 14.8. The molecule has 22 heavy (non-hydrogen) atoms. The smallest absolute Gasteiger partial charge is 0.171 e. The number of halogens is 2. The van der Waals surface area contributed by atoms with Crippen molar-refractivity contribution in [3.8, 4) is 5.75 Å². The Morgan fingerprint density at radius 2 is 1.86 bits per heavy atom. The van der Waals surface area contributed by atoms with Crippen molar-refractivity contribution in [2.24, 2.45) is 0 Å². The van der Waals surface area contributed by atoms with Crippen LogP contribution in [0.1, 0.15) is 21.5 Å². The minimum absolute atomic E-state index is 0.0141. The van der Waals surface area contributed by atoms with Gasteiger partial charge in [-0.1, -0.05) is 39.7 Å². The Balaban J connectivity index is 2.29. The lowest BCUT2D eigenvalue weighted by molar-refractivity contribution is 0.0990. The van der Waals surface area contributed by atoms with Crippen LogP contribution in [0.3, 0.4) is 0 Å². The minimum Gasteiger partial charge on any atom is -0.507 e. The van der Waals surface area contributed by atoms with E-state index in [2.05, 4.69) is 15.9 Å². The summed E-state index contributed by atoms with van der Waals surface area (Å²) in [7, 11) is 3.79. The van der Waals surface area contributed by atoms with Crippen LogP contribution in [0.25, 0.3) is 0 Å². The van der Waals surface area contributed by atoms with E-state index in [1.54, 1.807) is 6.07 Å². The monoisotopic (exact) mass is 381 g/mol. The van der Waals surface area contributed by atoms with E-state index in [4.69, 9.17) is 11.6 Å². The second-order valence-electron chi connectivity index (χ2n) is 5.43. The first kappa shape index (κ1) is 17.0. The number of aromatic hydroxyl groups is 1. The zero-order chi connectivity index (χ0) is 16.3. The maximum Gasteiger partial charge on any atom is 0.171 e. The number of phenols is 1. The molecule has 0 spiro atoms. The number of ketones is 1. The van der Waals surface area contributed by atoms with E-state index >= 15 is 0 Å². The highest BCUT2D eigenvalue weighted by Crippen LogP contribution is 2.29. The van der Waals surface area contributed by atoms with Crippen LogP contribution >= 0.6 is 27.5 Å². The highest BCUT2D eigenvalue weighted by Gasteiger charge is 2.17. The predicted molar refractivity (Wildman–Crippen MR) is 92.7 cm³/mol. The van der Waals surface area contributed by atoms with Gasteiger partial charge in [0.25, 0.3) is 0 Å². The van der Waals surface area contributed by atoms with Crippen LogP contribution in [0.5, 0.6) is 5.75 Å². The molecule has 0 bridgehead atoms. The molecule has 0 fully saturated rings.